The Labute approximate surface area is 166 Å². The molecule has 0 spiro atoms. The molecule has 0 amide bonds. The van der Waals surface area contributed by atoms with Crippen LogP contribution in [0.25, 0.3) is 5.70 Å². The summed E-state index contributed by atoms with van der Waals surface area (Å²) >= 11 is 12.7. The molecule has 0 heterocycles. The average Bonchev–Trinajstić information content (AvgIpc) is 2.61. The van der Waals surface area contributed by atoms with E-state index in [9.17, 15) is 0 Å². The van der Waals surface area contributed by atoms with E-state index in [0.717, 1.165) is 22.4 Å². The Morgan fingerprint density at radius 2 is 2.12 bits per heavy atom. The number of halogens is 2. The summed E-state index contributed by atoms with van der Waals surface area (Å²) in [5, 5.41) is 9.08. The number of rotatable bonds is 7. The molecule has 0 saturated carbocycles. The van der Waals surface area contributed by atoms with Gasteiger partial charge in [-0.3, -0.25) is 0 Å². The molecule has 0 radical (unpaired) electrons. The van der Waals surface area contributed by atoms with Gasteiger partial charge in [-0.1, -0.05) is 53.9 Å². The lowest BCUT2D eigenvalue weighted by molar-refractivity contribution is 0.526. The predicted molar refractivity (Wildman–Crippen MR) is 114 cm³/mol. The van der Waals surface area contributed by atoms with Gasteiger partial charge in [0, 0.05) is 37.3 Å². The molecule has 0 unspecified atom stereocenters. The summed E-state index contributed by atoms with van der Waals surface area (Å²) in [6.45, 7) is 8.14. The highest BCUT2D eigenvalue weighted by Gasteiger charge is 2.14. The van der Waals surface area contributed by atoms with Crippen molar-refractivity contribution in [3.8, 4) is 12.3 Å². The third kappa shape index (κ3) is 5.62. The largest absolute Gasteiger partial charge is 0.369 e. The van der Waals surface area contributed by atoms with Crippen LogP contribution >= 0.6 is 23.2 Å². The van der Waals surface area contributed by atoms with Crippen LogP contribution < -0.4 is 0 Å². The highest BCUT2D eigenvalue weighted by molar-refractivity contribution is 6.33. The summed E-state index contributed by atoms with van der Waals surface area (Å²) in [4.78, 5) is 2.02. The molecule has 26 heavy (non-hydrogen) atoms. The van der Waals surface area contributed by atoms with Gasteiger partial charge in [0.25, 0.3) is 0 Å². The van der Waals surface area contributed by atoms with E-state index in [1.807, 2.05) is 50.1 Å². The van der Waals surface area contributed by atoms with Gasteiger partial charge < -0.3 is 4.90 Å². The summed E-state index contributed by atoms with van der Waals surface area (Å²) in [5.74, 6) is 2.60. The zero-order valence-corrected chi connectivity index (χ0v) is 17.1. The first-order chi connectivity index (χ1) is 12.4. The molecule has 1 aromatic carbocycles. The van der Waals surface area contributed by atoms with Gasteiger partial charge in [-0.2, -0.15) is 10.2 Å². The van der Waals surface area contributed by atoms with Crippen LogP contribution in [0, 0.1) is 19.3 Å². The van der Waals surface area contributed by atoms with Crippen LogP contribution in [0.4, 0.5) is 5.69 Å². The average molecular weight is 388 g/mol. The molecule has 0 atom stereocenters. The summed E-state index contributed by atoms with van der Waals surface area (Å²) < 4.78 is 0. The molecule has 0 bridgehead atoms. The summed E-state index contributed by atoms with van der Waals surface area (Å²) in [7, 11) is 3.56. The van der Waals surface area contributed by atoms with E-state index in [0.29, 0.717) is 22.3 Å². The second-order valence-corrected chi connectivity index (χ2v) is 6.35. The Morgan fingerprint density at radius 3 is 2.62 bits per heavy atom. The van der Waals surface area contributed by atoms with Crippen molar-refractivity contribution in [2.45, 2.75) is 13.8 Å². The number of allylic oxidation sites excluding steroid dienone is 4. The zero-order chi connectivity index (χ0) is 19.7. The molecule has 0 N–H and O–H groups in total. The van der Waals surface area contributed by atoms with E-state index in [1.54, 1.807) is 19.2 Å². The van der Waals surface area contributed by atoms with Crippen molar-refractivity contribution in [3.05, 3.63) is 69.8 Å². The molecule has 1 aromatic rings. The number of aryl methyl sites for hydroxylation is 1. The Hall–Kier alpha value is -2.28. The molecule has 0 fully saturated rings. The van der Waals surface area contributed by atoms with Crippen LogP contribution in [-0.4, -0.2) is 25.5 Å². The molecule has 1 rings (SSSR count). The lowest BCUT2D eigenvalue weighted by atomic mass is 10.0. The van der Waals surface area contributed by atoms with Crippen molar-refractivity contribution in [1.29, 1.82) is 0 Å². The van der Waals surface area contributed by atoms with E-state index in [2.05, 4.69) is 22.7 Å². The van der Waals surface area contributed by atoms with E-state index in [1.165, 1.54) is 0 Å². The lowest BCUT2D eigenvalue weighted by Gasteiger charge is -2.24. The minimum atomic E-state index is 0.523. The van der Waals surface area contributed by atoms with Gasteiger partial charge in [0.2, 0.25) is 0 Å². The standard InChI is InChI=1S/C21H23Cl2N3/c1-7-10-16(18(22)9-3)14-26(6)20(11-8-2)17-12-15(4)21(25-24-5)19(23)13-17/h2,7,9-13H,1,14H2,3-6H3/b16-10-,18-9+,20-11-,25-24?. The maximum atomic E-state index is 6.38. The predicted octanol–water partition coefficient (Wildman–Crippen LogP) is 6.52. The number of likely N-dealkylation sites (N-methyl/N-ethyl adjacent to an activating group) is 1. The second kappa shape index (κ2) is 10.7. The van der Waals surface area contributed by atoms with E-state index in [4.69, 9.17) is 29.6 Å². The highest BCUT2D eigenvalue weighted by atomic mass is 35.5. The van der Waals surface area contributed by atoms with Crippen molar-refractivity contribution in [1.82, 2.24) is 4.90 Å². The first-order valence-corrected chi connectivity index (χ1v) is 8.76. The van der Waals surface area contributed by atoms with Crippen molar-refractivity contribution >= 4 is 34.6 Å². The summed E-state index contributed by atoms with van der Waals surface area (Å²) in [6.07, 6.45) is 12.7. The van der Waals surface area contributed by atoms with Crippen LogP contribution in [-0.2, 0) is 0 Å². The molecule has 0 aromatic heterocycles. The molecule has 0 aliphatic heterocycles. The molecule has 0 aliphatic rings. The number of hydrogen-bond acceptors (Lipinski definition) is 3. The van der Waals surface area contributed by atoms with Crippen molar-refractivity contribution in [3.63, 3.8) is 0 Å². The highest BCUT2D eigenvalue weighted by Crippen LogP contribution is 2.34. The number of nitrogens with zero attached hydrogens (tertiary/aromatic N) is 3. The Morgan fingerprint density at radius 1 is 1.42 bits per heavy atom. The van der Waals surface area contributed by atoms with Crippen LogP contribution in [0.1, 0.15) is 18.1 Å². The van der Waals surface area contributed by atoms with Gasteiger partial charge in [0.1, 0.15) is 5.69 Å². The molecular weight excluding hydrogens is 365 g/mol. The Kier molecular flexibility index (Phi) is 8.92. The fourth-order valence-electron chi connectivity index (χ4n) is 2.48. The number of benzene rings is 1. The van der Waals surface area contributed by atoms with E-state index >= 15 is 0 Å². The SMILES string of the molecule is C#C/C=C(/c1cc(C)c(N=NC)c(Cl)c1)N(C)CC(=C/C=C)/C(Cl)=C\C. The molecule has 0 aliphatic carbocycles. The zero-order valence-electron chi connectivity index (χ0n) is 15.6. The Balaban J connectivity index is 3.33. The first kappa shape index (κ1) is 21.8. The fourth-order valence-corrected chi connectivity index (χ4v) is 2.91. The maximum absolute atomic E-state index is 6.38. The minimum Gasteiger partial charge on any atom is -0.369 e. The lowest BCUT2D eigenvalue weighted by Crippen LogP contribution is -2.20. The van der Waals surface area contributed by atoms with Gasteiger partial charge in [-0.15, -0.1) is 6.42 Å². The molecule has 0 saturated heterocycles. The van der Waals surface area contributed by atoms with Gasteiger partial charge in [0.15, 0.2) is 0 Å². The molecule has 3 nitrogen and oxygen atoms in total. The molecule has 5 heteroatoms. The normalized spacial score (nSPS) is 13.0. The van der Waals surface area contributed by atoms with Crippen LogP contribution in [0.5, 0.6) is 0 Å². The first-order valence-electron chi connectivity index (χ1n) is 8.01. The van der Waals surface area contributed by atoms with E-state index in [-0.39, 0.29) is 0 Å². The monoisotopic (exact) mass is 387 g/mol. The smallest absolute Gasteiger partial charge is 0.107 e. The molecule has 136 valence electrons. The Bertz CT molecular complexity index is 801. The van der Waals surface area contributed by atoms with Gasteiger partial charge in [-0.25, -0.2) is 0 Å². The van der Waals surface area contributed by atoms with Gasteiger partial charge >= 0.3 is 0 Å². The summed E-state index contributed by atoms with van der Waals surface area (Å²) in [6, 6.07) is 3.83. The minimum absolute atomic E-state index is 0.523. The number of hydrogen-bond donors (Lipinski definition) is 0. The van der Waals surface area contributed by atoms with Gasteiger partial charge in [0.05, 0.1) is 10.7 Å². The second-order valence-electron chi connectivity index (χ2n) is 5.54. The van der Waals surface area contributed by atoms with Crippen molar-refractivity contribution < 1.29 is 0 Å². The van der Waals surface area contributed by atoms with Crippen molar-refractivity contribution in [2.24, 2.45) is 10.2 Å². The number of azo groups is 1. The topological polar surface area (TPSA) is 28.0 Å². The van der Waals surface area contributed by atoms with Crippen LogP contribution in [0.15, 0.2) is 63.8 Å². The number of terminal acetylenes is 1. The van der Waals surface area contributed by atoms with Crippen molar-refractivity contribution in [2.75, 3.05) is 20.6 Å². The van der Waals surface area contributed by atoms with Gasteiger partial charge in [-0.05, 0) is 37.1 Å². The quantitative estimate of drug-likeness (QED) is 0.297. The maximum Gasteiger partial charge on any atom is 0.107 e. The van der Waals surface area contributed by atoms with E-state index < -0.39 is 0 Å². The van der Waals surface area contributed by atoms with Crippen LogP contribution in [0.3, 0.4) is 0 Å². The summed E-state index contributed by atoms with van der Waals surface area (Å²) in [5.41, 5.74) is 4.27. The third-order valence-electron chi connectivity index (χ3n) is 3.67. The molecular formula is C21H23Cl2N3. The third-order valence-corrected chi connectivity index (χ3v) is 4.42. The fraction of sp³-hybridized carbons (Fsp3) is 0.238. The van der Waals surface area contributed by atoms with Crippen LogP contribution in [0.2, 0.25) is 5.02 Å².